The molecule has 2 aromatic carbocycles. The van der Waals surface area contributed by atoms with Crippen LogP contribution in [0, 0.1) is 0 Å². The van der Waals surface area contributed by atoms with Gasteiger partial charge in [-0.3, -0.25) is 4.79 Å². The van der Waals surface area contributed by atoms with Gasteiger partial charge in [-0.05, 0) is 41.8 Å². The Hall–Kier alpha value is -2.29. The van der Waals surface area contributed by atoms with Crippen molar-refractivity contribution in [1.29, 1.82) is 0 Å². The van der Waals surface area contributed by atoms with Crippen molar-refractivity contribution >= 4 is 11.6 Å². The molecular weight excluding hydrogens is 248 g/mol. The standard InChI is InChI=1S/C17H18N2O/c1-18-17(20)14-8-7-13-9-10-19(12-15(13)11-14)16-5-3-2-4-6-16/h2-8,11H,9-10,12H2,1H3,(H,18,20). The van der Waals surface area contributed by atoms with E-state index < -0.39 is 0 Å². The van der Waals surface area contributed by atoms with Gasteiger partial charge in [-0.25, -0.2) is 0 Å². The van der Waals surface area contributed by atoms with E-state index in [0.29, 0.717) is 0 Å². The molecule has 0 aliphatic carbocycles. The number of nitrogens with zero attached hydrogens (tertiary/aromatic N) is 1. The molecule has 1 aliphatic rings. The van der Waals surface area contributed by atoms with E-state index in [1.54, 1.807) is 7.05 Å². The highest BCUT2D eigenvalue weighted by atomic mass is 16.1. The number of carbonyl (C=O) groups is 1. The number of benzene rings is 2. The van der Waals surface area contributed by atoms with Crippen molar-refractivity contribution in [1.82, 2.24) is 5.32 Å². The zero-order valence-corrected chi connectivity index (χ0v) is 11.6. The molecule has 1 aliphatic heterocycles. The summed E-state index contributed by atoms with van der Waals surface area (Å²) < 4.78 is 0. The predicted octanol–water partition coefficient (Wildman–Crippen LogP) is 2.61. The quantitative estimate of drug-likeness (QED) is 0.906. The number of para-hydroxylation sites is 1. The number of carbonyl (C=O) groups excluding carboxylic acids is 1. The lowest BCUT2D eigenvalue weighted by atomic mass is 9.96. The van der Waals surface area contributed by atoms with Gasteiger partial charge in [0.2, 0.25) is 0 Å². The van der Waals surface area contributed by atoms with Crippen molar-refractivity contribution in [2.45, 2.75) is 13.0 Å². The maximum Gasteiger partial charge on any atom is 0.251 e. The Balaban J connectivity index is 1.88. The summed E-state index contributed by atoms with van der Waals surface area (Å²) in [6.45, 7) is 1.89. The van der Waals surface area contributed by atoms with Gasteiger partial charge in [0.25, 0.3) is 5.91 Å². The first-order valence-corrected chi connectivity index (χ1v) is 6.92. The second kappa shape index (κ2) is 5.37. The van der Waals surface area contributed by atoms with Crippen LogP contribution in [0.1, 0.15) is 21.5 Å². The summed E-state index contributed by atoms with van der Waals surface area (Å²) in [4.78, 5) is 14.1. The van der Waals surface area contributed by atoms with Crippen LogP contribution < -0.4 is 10.2 Å². The van der Waals surface area contributed by atoms with E-state index in [2.05, 4.69) is 40.5 Å². The summed E-state index contributed by atoms with van der Waals surface area (Å²) in [6, 6.07) is 16.4. The second-order valence-electron chi connectivity index (χ2n) is 5.07. The maximum absolute atomic E-state index is 11.7. The molecule has 3 rings (SSSR count). The molecule has 1 amide bonds. The number of nitrogens with one attached hydrogen (secondary N) is 1. The smallest absolute Gasteiger partial charge is 0.251 e. The van der Waals surface area contributed by atoms with E-state index in [4.69, 9.17) is 0 Å². The van der Waals surface area contributed by atoms with Crippen molar-refractivity contribution in [2.24, 2.45) is 0 Å². The molecule has 1 N–H and O–H groups in total. The van der Waals surface area contributed by atoms with Gasteiger partial charge in [-0.2, -0.15) is 0 Å². The Morgan fingerprint density at radius 2 is 1.90 bits per heavy atom. The van der Waals surface area contributed by atoms with Gasteiger partial charge in [-0.15, -0.1) is 0 Å². The molecule has 0 aromatic heterocycles. The van der Waals surface area contributed by atoms with Crippen LogP contribution in [0.3, 0.4) is 0 Å². The molecule has 102 valence electrons. The van der Waals surface area contributed by atoms with Crippen LogP contribution in [0.25, 0.3) is 0 Å². The molecule has 1 heterocycles. The van der Waals surface area contributed by atoms with E-state index in [-0.39, 0.29) is 5.91 Å². The molecule has 0 unspecified atom stereocenters. The topological polar surface area (TPSA) is 32.3 Å². The molecule has 0 spiro atoms. The van der Waals surface area contributed by atoms with Gasteiger partial charge < -0.3 is 10.2 Å². The number of fused-ring (bicyclic) bond motifs is 1. The van der Waals surface area contributed by atoms with Crippen LogP contribution in [-0.4, -0.2) is 19.5 Å². The largest absolute Gasteiger partial charge is 0.367 e. The zero-order valence-electron chi connectivity index (χ0n) is 11.6. The van der Waals surface area contributed by atoms with Gasteiger partial charge >= 0.3 is 0 Å². The van der Waals surface area contributed by atoms with Crippen LogP contribution >= 0.6 is 0 Å². The third kappa shape index (κ3) is 2.39. The zero-order chi connectivity index (χ0) is 13.9. The van der Waals surface area contributed by atoms with Crippen LogP contribution in [-0.2, 0) is 13.0 Å². The van der Waals surface area contributed by atoms with E-state index in [1.807, 2.05) is 18.2 Å². The highest BCUT2D eigenvalue weighted by Gasteiger charge is 2.17. The lowest BCUT2D eigenvalue weighted by molar-refractivity contribution is 0.0963. The van der Waals surface area contributed by atoms with Gasteiger partial charge in [0.1, 0.15) is 0 Å². The average Bonchev–Trinajstić information content (AvgIpc) is 2.54. The Morgan fingerprint density at radius 1 is 1.10 bits per heavy atom. The summed E-state index contributed by atoms with van der Waals surface area (Å²) in [5.41, 5.74) is 4.58. The number of hydrogen-bond acceptors (Lipinski definition) is 2. The van der Waals surface area contributed by atoms with Crippen LogP contribution in [0.5, 0.6) is 0 Å². The lowest BCUT2D eigenvalue weighted by Gasteiger charge is -2.31. The normalized spacial score (nSPS) is 13.8. The van der Waals surface area contributed by atoms with Crippen molar-refractivity contribution in [3.8, 4) is 0 Å². The fraction of sp³-hybridized carbons (Fsp3) is 0.235. The molecule has 0 fully saturated rings. The maximum atomic E-state index is 11.7. The molecule has 3 nitrogen and oxygen atoms in total. The first-order chi connectivity index (χ1) is 9.78. The Kier molecular flexibility index (Phi) is 3.42. The highest BCUT2D eigenvalue weighted by Crippen LogP contribution is 2.25. The SMILES string of the molecule is CNC(=O)c1ccc2c(c1)CN(c1ccccc1)CC2. The predicted molar refractivity (Wildman–Crippen MR) is 81.0 cm³/mol. The monoisotopic (exact) mass is 266 g/mol. The van der Waals surface area contributed by atoms with Crippen molar-refractivity contribution in [3.63, 3.8) is 0 Å². The van der Waals surface area contributed by atoms with Crippen LogP contribution in [0.2, 0.25) is 0 Å². The summed E-state index contributed by atoms with van der Waals surface area (Å²) >= 11 is 0. The molecule has 0 saturated heterocycles. The van der Waals surface area contributed by atoms with E-state index in [0.717, 1.165) is 25.1 Å². The van der Waals surface area contributed by atoms with Gasteiger partial charge in [0, 0.05) is 31.4 Å². The summed E-state index contributed by atoms with van der Waals surface area (Å²) in [7, 11) is 1.66. The fourth-order valence-electron chi connectivity index (χ4n) is 2.70. The molecule has 2 aromatic rings. The minimum Gasteiger partial charge on any atom is -0.367 e. The number of rotatable bonds is 2. The lowest BCUT2D eigenvalue weighted by Crippen LogP contribution is -2.30. The molecule has 0 atom stereocenters. The van der Waals surface area contributed by atoms with Crippen LogP contribution in [0.15, 0.2) is 48.5 Å². The molecule has 0 radical (unpaired) electrons. The van der Waals surface area contributed by atoms with Crippen molar-refractivity contribution in [3.05, 3.63) is 65.2 Å². The molecule has 20 heavy (non-hydrogen) atoms. The second-order valence-corrected chi connectivity index (χ2v) is 5.07. The average molecular weight is 266 g/mol. The van der Waals surface area contributed by atoms with Gasteiger partial charge in [-0.1, -0.05) is 24.3 Å². The van der Waals surface area contributed by atoms with Crippen LogP contribution in [0.4, 0.5) is 5.69 Å². The summed E-state index contributed by atoms with van der Waals surface area (Å²) in [5, 5.41) is 2.68. The van der Waals surface area contributed by atoms with Gasteiger partial charge in [0.15, 0.2) is 0 Å². The van der Waals surface area contributed by atoms with E-state index in [1.165, 1.54) is 16.8 Å². The Bertz CT molecular complexity index is 622. The third-order valence-corrected chi connectivity index (χ3v) is 3.83. The Morgan fingerprint density at radius 3 is 2.65 bits per heavy atom. The number of amides is 1. The molecule has 3 heteroatoms. The third-order valence-electron chi connectivity index (χ3n) is 3.83. The molecule has 0 bridgehead atoms. The van der Waals surface area contributed by atoms with Gasteiger partial charge in [0.05, 0.1) is 0 Å². The summed E-state index contributed by atoms with van der Waals surface area (Å²) in [5.74, 6) is -0.0235. The molecule has 0 saturated carbocycles. The van der Waals surface area contributed by atoms with E-state index >= 15 is 0 Å². The minimum absolute atomic E-state index is 0.0235. The summed E-state index contributed by atoms with van der Waals surface area (Å²) in [6.07, 6.45) is 1.03. The highest BCUT2D eigenvalue weighted by molar-refractivity contribution is 5.94. The number of hydrogen-bond donors (Lipinski definition) is 1. The first kappa shape index (κ1) is 12.7. The van der Waals surface area contributed by atoms with Crippen molar-refractivity contribution in [2.75, 3.05) is 18.5 Å². The number of anilines is 1. The minimum atomic E-state index is -0.0235. The van der Waals surface area contributed by atoms with Crippen molar-refractivity contribution < 1.29 is 4.79 Å². The fourth-order valence-corrected chi connectivity index (χ4v) is 2.70. The molecular formula is C17H18N2O. The Labute approximate surface area is 119 Å². The van der Waals surface area contributed by atoms with E-state index in [9.17, 15) is 4.79 Å². The first-order valence-electron chi connectivity index (χ1n) is 6.92.